The van der Waals surface area contributed by atoms with Crippen LogP contribution in [-0.2, 0) is 9.53 Å². The van der Waals surface area contributed by atoms with Crippen molar-refractivity contribution >= 4 is 23.5 Å². The second-order valence-corrected chi connectivity index (χ2v) is 8.82. The van der Waals surface area contributed by atoms with Crippen molar-refractivity contribution in [2.24, 2.45) is 5.92 Å². The number of carbonyl (C=O) groups is 3. The molecule has 0 aliphatic carbocycles. The number of ether oxygens (including phenoxy) is 1. The van der Waals surface area contributed by atoms with Gasteiger partial charge in [0.25, 0.3) is 0 Å². The van der Waals surface area contributed by atoms with Crippen LogP contribution in [0.3, 0.4) is 0 Å². The highest BCUT2D eigenvalue weighted by atomic mass is 19.1. The Balaban J connectivity index is 1.43. The average molecular weight is 449 g/mol. The molecule has 176 valence electrons. The fraction of sp³-hybridized carbons (Fsp3) is 0.609. The number of ketones is 1. The highest BCUT2D eigenvalue weighted by molar-refractivity contribution is 5.94. The van der Waals surface area contributed by atoms with Gasteiger partial charge in [0, 0.05) is 57.9 Å². The number of hydrogen-bond donors (Lipinski definition) is 0. The predicted molar refractivity (Wildman–Crippen MR) is 119 cm³/mol. The van der Waals surface area contributed by atoms with Gasteiger partial charge in [0.05, 0.1) is 18.8 Å². The molecule has 1 aromatic rings. The first-order valence-corrected chi connectivity index (χ1v) is 11.2. The van der Waals surface area contributed by atoms with Crippen molar-refractivity contribution in [1.82, 2.24) is 14.7 Å². The molecule has 0 radical (unpaired) electrons. The van der Waals surface area contributed by atoms with E-state index in [9.17, 15) is 18.8 Å². The lowest BCUT2D eigenvalue weighted by molar-refractivity contribution is -0.133. The lowest BCUT2D eigenvalue weighted by Crippen LogP contribution is -2.54. The zero-order chi connectivity index (χ0) is 23.3. The summed E-state index contributed by atoms with van der Waals surface area (Å²) in [6.07, 6.45) is -0.288. The molecule has 32 heavy (non-hydrogen) atoms. The summed E-state index contributed by atoms with van der Waals surface area (Å²) in [5.41, 5.74) is 0.816. The molecule has 0 N–H and O–H groups in total. The average Bonchev–Trinajstić information content (AvgIpc) is 2.78. The first kappa shape index (κ1) is 24.0. The molecule has 2 amide bonds. The maximum atomic E-state index is 14.4. The molecule has 0 aromatic heterocycles. The Bertz CT molecular complexity index is 831. The van der Waals surface area contributed by atoms with Gasteiger partial charge in [-0.3, -0.25) is 14.5 Å². The summed E-state index contributed by atoms with van der Waals surface area (Å²) < 4.78 is 19.7. The van der Waals surface area contributed by atoms with Gasteiger partial charge in [0.15, 0.2) is 5.78 Å². The Morgan fingerprint density at radius 2 is 1.59 bits per heavy atom. The Labute approximate surface area is 188 Å². The molecule has 0 unspecified atom stereocenters. The first-order valence-electron chi connectivity index (χ1n) is 11.2. The number of rotatable bonds is 6. The summed E-state index contributed by atoms with van der Waals surface area (Å²) in [6.45, 7) is 10.6. The summed E-state index contributed by atoms with van der Waals surface area (Å²) in [5, 5.41) is 0. The highest BCUT2D eigenvalue weighted by Crippen LogP contribution is 2.22. The lowest BCUT2D eigenvalue weighted by atomic mass is 10.1. The number of piperazine rings is 2. The molecule has 1 aromatic carbocycles. The fourth-order valence-corrected chi connectivity index (χ4v) is 3.89. The number of Topliss-reactive ketones (excluding diaryl/α,β-unsaturated/α-hetero) is 1. The maximum absolute atomic E-state index is 14.4. The van der Waals surface area contributed by atoms with Crippen molar-refractivity contribution in [2.75, 3.05) is 70.4 Å². The number of halogens is 1. The molecular formula is C23H33FN4O4. The van der Waals surface area contributed by atoms with E-state index >= 15 is 0 Å². The molecule has 0 atom stereocenters. The molecule has 0 bridgehead atoms. The Morgan fingerprint density at radius 3 is 2.16 bits per heavy atom. The standard InChI is InChI=1S/C23H33FN4O4/c1-17(2)16-32-23(31)28-8-6-25(7-9-28)15-22(30)27-12-10-26(11-13-27)21-5-4-19(18(3)29)14-20(21)24/h4-5,14,17H,6-13,15-16H2,1-3H3. The third-order valence-electron chi connectivity index (χ3n) is 5.86. The number of hydrogen-bond acceptors (Lipinski definition) is 6. The zero-order valence-corrected chi connectivity index (χ0v) is 19.2. The maximum Gasteiger partial charge on any atom is 0.409 e. The van der Waals surface area contributed by atoms with Crippen LogP contribution in [0.1, 0.15) is 31.1 Å². The van der Waals surface area contributed by atoms with Gasteiger partial charge in [0.1, 0.15) is 5.82 Å². The third-order valence-corrected chi connectivity index (χ3v) is 5.86. The van der Waals surface area contributed by atoms with Crippen molar-refractivity contribution in [3.05, 3.63) is 29.6 Å². The Morgan fingerprint density at radius 1 is 0.969 bits per heavy atom. The molecule has 0 saturated carbocycles. The van der Waals surface area contributed by atoms with E-state index in [1.165, 1.54) is 13.0 Å². The van der Waals surface area contributed by atoms with Crippen molar-refractivity contribution in [2.45, 2.75) is 20.8 Å². The van der Waals surface area contributed by atoms with Crippen LogP contribution in [0.2, 0.25) is 0 Å². The van der Waals surface area contributed by atoms with Gasteiger partial charge in [-0.25, -0.2) is 9.18 Å². The fourth-order valence-electron chi connectivity index (χ4n) is 3.89. The summed E-state index contributed by atoms with van der Waals surface area (Å²) in [7, 11) is 0. The molecule has 9 heteroatoms. The first-order chi connectivity index (χ1) is 15.2. The van der Waals surface area contributed by atoms with E-state index in [2.05, 4.69) is 4.90 Å². The van der Waals surface area contributed by atoms with Crippen LogP contribution in [0.5, 0.6) is 0 Å². The van der Waals surface area contributed by atoms with Crippen LogP contribution in [-0.4, -0.2) is 98.0 Å². The van der Waals surface area contributed by atoms with Crippen molar-refractivity contribution in [1.29, 1.82) is 0 Å². The van der Waals surface area contributed by atoms with E-state index in [1.54, 1.807) is 17.0 Å². The monoisotopic (exact) mass is 448 g/mol. The minimum Gasteiger partial charge on any atom is -0.449 e. The summed E-state index contributed by atoms with van der Waals surface area (Å²) >= 11 is 0. The highest BCUT2D eigenvalue weighted by Gasteiger charge is 2.27. The number of amides is 2. The molecule has 0 spiro atoms. The number of nitrogens with zero attached hydrogens (tertiary/aromatic N) is 4. The van der Waals surface area contributed by atoms with Crippen LogP contribution in [0.25, 0.3) is 0 Å². The van der Waals surface area contributed by atoms with Crippen LogP contribution in [0.15, 0.2) is 18.2 Å². The van der Waals surface area contributed by atoms with Gasteiger partial charge >= 0.3 is 6.09 Å². The summed E-state index contributed by atoms with van der Waals surface area (Å²) in [6, 6.07) is 4.54. The second kappa shape index (κ2) is 10.8. The number of carbonyl (C=O) groups excluding carboxylic acids is 3. The SMILES string of the molecule is CC(=O)c1ccc(N2CCN(C(=O)CN3CCN(C(=O)OCC(C)C)CC3)CC2)c(F)c1. The normalized spacial score (nSPS) is 17.6. The molecule has 2 fully saturated rings. The van der Waals surface area contributed by atoms with Gasteiger partial charge in [-0.15, -0.1) is 0 Å². The van der Waals surface area contributed by atoms with E-state index in [0.29, 0.717) is 82.7 Å². The quantitative estimate of drug-likeness (QED) is 0.621. The Hall–Kier alpha value is -2.68. The van der Waals surface area contributed by atoms with E-state index < -0.39 is 5.82 Å². The van der Waals surface area contributed by atoms with E-state index in [-0.39, 0.29) is 17.8 Å². The van der Waals surface area contributed by atoms with E-state index in [4.69, 9.17) is 4.74 Å². The smallest absolute Gasteiger partial charge is 0.409 e. The lowest BCUT2D eigenvalue weighted by Gasteiger charge is -2.38. The third kappa shape index (κ3) is 6.18. The Kier molecular flexibility index (Phi) is 8.06. The molecule has 3 rings (SSSR count). The van der Waals surface area contributed by atoms with Gasteiger partial charge in [0.2, 0.25) is 5.91 Å². The van der Waals surface area contributed by atoms with Crippen molar-refractivity contribution in [3.63, 3.8) is 0 Å². The molecule has 2 aliphatic heterocycles. The molecule has 2 heterocycles. The van der Waals surface area contributed by atoms with Crippen molar-refractivity contribution in [3.8, 4) is 0 Å². The van der Waals surface area contributed by atoms with E-state index in [1.807, 2.05) is 23.6 Å². The number of benzene rings is 1. The van der Waals surface area contributed by atoms with Gasteiger partial charge < -0.3 is 19.4 Å². The predicted octanol–water partition coefficient (Wildman–Crippen LogP) is 2.09. The molecule has 2 saturated heterocycles. The van der Waals surface area contributed by atoms with Crippen LogP contribution >= 0.6 is 0 Å². The van der Waals surface area contributed by atoms with Gasteiger partial charge in [-0.05, 0) is 31.0 Å². The van der Waals surface area contributed by atoms with Crippen LogP contribution < -0.4 is 4.90 Å². The second-order valence-electron chi connectivity index (χ2n) is 8.82. The van der Waals surface area contributed by atoms with Gasteiger partial charge in [-0.1, -0.05) is 13.8 Å². The summed E-state index contributed by atoms with van der Waals surface area (Å²) in [4.78, 5) is 43.7. The van der Waals surface area contributed by atoms with Crippen molar-refractivity contribution < 1.29 is 23.5 Å². The van der Waals surface area contributed by atoms with Crippen LogP contribution in [0, 0.1) is 11.7 Å². The minimum atomic E-state index is -0.415. The van der Waals surface area contributed by atoms with Crippen LogP contribution in [0.4, 0.5) is 14.9 Å². The molecular weight excluding hydrogens is 415 g/mol. The zero-order valence-electron chi connectivity index (χ0n) is 19.2. The molecule has 2 aliphatic rings. The summed E-state index contributed by atoms with van der Waals surface area (Å²) in [5.74, 6) is -0.232. The largest absolute Gasteiger partial charge is 0.449 e. The topological polar surface area (TPSA) is 73.4 Å². The van der Waals surface area contributed by atoms with Gasteiger partial charge in [-0.2, -0.15) is 0 Å². The molecule has 8 nitrogen and oxygen atoms in total. The minimum absolute atomic E-state index is 0.0490. The number of anilines is 1. The van der Waals surface area contributed by atoms with E-state index in [0.717, 1.165) is 0 Å².